The molecule has 0 amide bonds. The van der Waals surface area contributed by atoms with Crippen LogP contribution in [-0.2, 0) is 13.0 Å². The summed E-state index contributed by atoms with van der Waals surface area (Å²) in [6.45, 7) is 6.19. The van der Waals surface area contributed by atoms with E-state index in [1.54, 1.807) is 0 Å². The first-order chi connectivity index (χ1) is 13.2. The molecule has 1 aliphatic rings. The lowest BCUT2D eigenvalue weighted by Crippen LogP contribution is -2.42. The number of hydrogen-bond acceptors (Lipinski definition) is 3. The highest BCUT2D eigenvalue weighted by atomic mass is 16.5. The fourth-order valence-electron chi connectivity index (χ4n) is 3.36. The van der Waals surface area contributed by atoms with Crippen molar-refractivity contribution in [3.8, 4) is 5.75 Å². The summed E-state index contributed by atoms with van der Waals surface area (Å²) in [4.78, 5) is 9.33. The second-order valence-corrected chi connectivity index (χ2v) is 6.76. The van der Waals surface area contributed by atoms with E-state index in [0.717, 1.165) is 36.0 Å². The summed E-state index contributed by atoms with van der Waals surface area (Å²) < 4.78 is 8.08. The van der Waals surface area contributed by atoms with Gasteiger partial charge < -0.3 is 19.8 Å². The van der Waals surface area contributed by atoms with Crippen LogP contribution in [-0.4, -0.2) is 34.5 Å². The fraction of sp³-hybridized carbons (Fsp3) is 0.333. The number of aliphatic imine (C=N–C) groups is 1. The Bertz CT molecular complexity index is 937. The van der Waals surface area contributed by atoms with Gasteiger partial charge in [0.1, 0.15) is 17.5 Å². The first kappa shape index (κ1) is 17.4. The highest BCUT2D eigenvalue weighted by molar-refractivity contribution is 5.79. The van der Waals surface area contributed by atoms with Gasteiger partial charge in [-0.1, -0.05) is 24.3 Å². The van der Waals surface area contributed by atoms with Crippen LogP contribution in [0.2, 0.25) is 0 Å². The minimum atomic E-state index is 0.129. The maximum atomic E-state index is 5.99. The van der Waals surface area contributed by atoms with E-state index in [1.165, 1.54) is 11.3 Å². The van der Waals surface area contributed by atoms with Gasteiger partial charge in [0.2, 0.25) is 0 Å². The van der Waals surface area contributed by atoms with Crippen LogP contribution < -0.4 is 15.4 Å². The summed E-state index contributed by atoms with van der Waals surface area (Å²) in [6.07, 6.45) is 3.10. The molecule has 1 atom stereocenters. The Labute approximate surface area is 159 Å². The highest BCUT2D eigenvalue weighted by Gasteiger charge is 2.22. The van der Waals surface area contributed by atoms with Crippen molar-refractivity contribution in [2.24, 2.45) is 4.99 Å². The van der Waals surface area contributed by atoms with E-state index in [2.05, 4.69) is 63.3 Å². The van der Waals surface area contributed by atoms with Gasteiger partial charge >= 0.3 is 0 Å². The first-order valence-corrected chi connectivity index (χ1v) is 9.43. The van der Waals surface area contributed by atoms with E-state index in [1.807, 2.05) is 24.3 Å². The minimum Gasteiger partial charge on any atom is -0.488 e. The van der Waals surface area contributed by atoms with Crippen molar-refractivity contribution in [1.82, 2.24) is 20.0 Å². The number of nitrogens with one attached hydrogen (secondary N) is 2. The Morgan fingerprint density at radius 2 is 2.11 bits per heavy atom. The molecular weight excluding hydrogens is 338 g/mol. The summed E-state index contributed by atoms with van der Waals surface area (Å²) in [5.74, 6) is 1.78. The third-order valence-electron chi connectivity index (χ3n) is 4.70. The van der Waals surface area contributed by atoms with Gasteiger partial charge in [0.25, 0.3) is 0 Å². The minimum absolute atomic E-state index is 0.129. The molecule has 0 aliphatic carbocycles. The van der Waals surface area contributed by atoms with Crippen molar-refractivity contribution in [2.45, 2.75) is 32.9 Å². The number of hydrogen-bond donors (Lipinski definition) is 2. The van der Waals surface area contributed by atoms with Gasteiger partial charge in [-0.15, -0.1) is 0 Å². The van der Waals surface area contributed by atoms with Crippen LogP contribution in [0.1, 0.15) is 23.9 Å². The Morgan fingerprint density at radius 1 is 1.22 bits per heavy atom. The standard InChI is InChI=1S/C21H25N5O/c1-3-22-21(24-13-18-11-16-8-4-5-9-19(16)27-18)23-12-17-14-26-15(2)7-6-10-20(26)25-17/h4-10,14,18H,3,11-13H2,1-2H3,(H2,22,23,24). The van der Waals surface area contributed by atoms with Gasteiger partial charge in [-0.25, -0.2) is 9.98 Å². The number of aryl methyl sites for hydroxylation is 1. The molecule has 2 aromatic heterocycles. The van der Waals surface area contributed by atoms with Crippen LogP contribution in [0.15, 0.2) is 53.7 Å². The maximum Gasteiger partial charge on any atom is 0.191 e. The van der Waals surface area contributed by atoms with Crippen molar-refractivity contribution in [1.29, 1.82) is 0 Å². The van der Waals surface area contributed by atoms with Crippen LogP contribution in [0.25, 0.3) is 5.65 Å². The zero-order valence-electron chi connectivity index (χ0n) is 15.8. The summed E-state index contributed by atoms with van der Waals surface area (Å²) in [6, 6.07) is 14.3. The first-order valence-electron chi connectivity index (χ1n) is 9.43. The Hall–Kier alpha value is -3.02. The number of aromatic nitrogens is 2. The number of rotatable bonds is 5. The van der Waals surface area contributed by atoms with Gasteiger partial charge in [-0.3, -0.25) is 0 Å². The number of para-hydroxylation sites is 1. The average molecular weight is 363 g/mol. The molecule has 0 saturated carbocycles. The second-order valence-electron chi connectivity index (χ2n) is 6.76. The van der Waals surface area contributed by atoms with Gasteiger partial charge in [0, 0.05) is 24.9 Å². The number of benzene rings is 1. The molecule has 1 aliphatic heterocycles. The lowest BCUT2D eigenvalue weighted by molar-refractivity contribution is 0.235. The lowest BCUT2D eigenvalue weighted by Gasteiger charge is -2.15. The van der Waals surface area contributed by atoms with Crippen molar-refractivity contribution >= 4 is 11.6 Å². The molecule has 1 unspecified atom stereocenters. The van der Waals surface area contributed by atoms with Crippen molar-refractivity contribution in [3.05, 3.63) is 65.6 Å². The molecule has 0 radical (unpaired) electrons. The molecule has 4 rings (SSSR count). The monoisotopic (exact) mass is 363 g/mol. The number of imidazole rings is 1. The molecule has 140 valence electrons. The molecular formula is C21H25N5O. The van der Waals surface area contributed by atoms with Crippen molar-refractivity contribution in [3.63, 3.8) is 0 Å². The number of guanidine groups is 1. The largest absolute Gasteiger partial charge is 0.488 e. The quantitative estimate of drug-likeness (QED) is 0.540. The van der Waals surface area contributed by atoms with Crippen molar-refractivity contribution in [2.75, 3.05) is 13.1 Å². The fourth-order valence-corrected chi connectivity index (χ4v) is 3.36. The maximum absolute atomic E-state index is 5.99. The molecule has 6 heteroatoms. The van der Waals surface area contributed by atoms with Crippen LogP contribution in [0, 0.1) is 6.92 Å². The van der Waals surface area contributed by atoms with Crippen molar-refractivity contribution < 1.29 is 4.74 Å². The third kappa shape index (κ3) is 3.89. The molecule has 27 heavy (non-hydrogen) atoms. The van der Waals surface area contributed by atoms with Crippen LogP contribution in [0.5, 0.6) is 5.75 Å². The normalized spacial score (nSPS) is 16.2. The van der Waals surface area contributed by atoms with Gasteiger partial charge in [0.15, 0.2) is 5.96 Å². The summed E-state index contributed by atoms with van der Waals surface area (Å²) in [7, 11) is 0. The zero-order valence-corrected chi connectivity index (χ0v) is 15.8. The molecule has 0 bridgehead atoms. The number of nitrogens with zero attached hydrogens (tertiary/aromatic N) is 3. The van der Waals surface area contributed by atoms with E-state index in [0.29, 0.717) is 13.1 Å². The topological polar surface area (TPSA) is 63.0 Å². The van der Waals surface area contributed by atoms with Crippen LogP contribution >= 0.6 is 0 Å². The van der Waals surface area contributed by atoms with Gasteiger partial charge in [-0.2, -0.15) is 0 Å². The van der Waals surface area contributed by atoms with E-state index >= 15 is 0 Å². The Balaban J connectivity index is 1.39. The molecule has 3 aromatic rings. The second kappa shape index (κ2) is 7.70. The lowest BCUT2D eigenvalue weighted by atomic mass is 10.1. The number of fused-ring (bicyclic) bond motifs is 2. The van der Waals surface area contributed by atoms with Gasteiger partial charge in [0.05, 0.1) is 18.8 Å². The smallest absolute Gasteiger partial charge is 0.191 e. The van der Waals surface area contributed by atoms with E-state index in [-0.39, 0.29) is 6.10 Å². The predicted molar refractivity (Wildman–Crippen MR) is 107 cm³/mol. The molecule has 6 nitrogen and oxygen atoms in total. The number of pyridine rings is 1. The molecule has 1 aromatic carbocycles. The van der Waals surface area contributed by atoms with Gasteiger partial charge in [-0.05, 0) is 37.6 Å². The summed E-state index contributed by atoms with van der Waals surface area (Å²) in [5, 5.41) is 6.68. The molecule has 3 heterocycles. The van der Waals surface area contributed by atoms with E-state index in [9.17, 15) is 0 Å². The van der Waals surface area contributed by atoms with Crippen LogP contribution in [0.4, 0.5) is 0 Å². The van der Waals surface area contributed by atoms with E-state index in [4.69, 9.17) is 4.74 Å². The average Bonchev–Trinajstić information content (AvgIpc) is 3.28. The SMILES string of the molecule is CCNC(=NCc1cn2c(C)cccc2n1)NCC1Cc2ccccc2O1. The zero-order chi connectivity index (χ0) is 18.6. The Kier molecular flexibility index (Phi) is 4.96. The predicted octanol–water partition coefficient (Wildman–Crippen LogP) is 2.70. The number of ether oxygens (including phenoxy) is 1. The summed E-state index contributed by atoms with van der Waals surface area (Å²) >= 11 is 0. The molecule has 0 saturated heterocycles. The Morgan fingerprint density at radius 3 is 2.93 bits per heavy atom. The van der Waals surface area contributed by atoms with Crippen LogP contribution in [0.3, 0.4) is 0 Å². The molecule has 0 spiro atoms. The third-order valence-corrected chi connectivity index (χ3v) is 4.70. The molecule has 2 N–H and O–H groups in total. The summed E-state index contributed by atoms with van der Waals surface area (Å²) in [5.41, 5.74) is 4.34. The van der Waals surface area contributed by atoms with E-state index < -0.39 is 0 Å². The molecule has 0 fully saturated rings. The highest BCUT2D eigenvalue weighted by Crippen LogP contribution is 2.27.